The zero-order valence-electron chi connectivity index (χ0n) is 12.8. The molecule has 120 valence electrons. The molecule has 6 heteroatoms. The van der Waals surface area contributed by atoms with Gasteiger partial charge in [0, 0.05) is 5.69 Å². The van der Waals surface area contributed by atoms with Crippen molar-refractivity contribution in [2.45, 2.75) is 6.92 Å². The Balaban J connectivity index is 1.97. The van der Waals surface area contributed by atoms with Gasteiger partial charge in [-0.3, -0.25) is 4.79 Å². The Morgan fingerprint density at radius 3 is 2.70 bits per heavy atom. The molecular formula is C17H16ClNO4. The van der Waals surface area contributed by atoms with Gasteiger partial charge in [0.05, 0.1) is 17.7 Å². The van der Waals surface area contributed by atoms with E-state index >= 15 is 0 Å². The minimum absolute atomic E-state index is 0.189. The molecule has 2 aromatic rings. The molecule has 0 atom stereocenters. The van der Waals surface area contributed by atoms with Gasteiger partial charge >= 0.3 is 5.97 Å². The van der Waals surface area contributed by atoms with Gasteiger partial charge in [-0.15, -0.1) is 0 Å². The van der Waals surface area contributed by atoms with E-state index in [1.165, 1.54) is 13.2 Å². The molecule has 0 heterocycles. The third-order valence-electron chi connectivity index (χ3n) is 3.01. The predicted molar refractivity (Wildman–Crippen MR) is 88.1 cm³/mol. The van der Waals surface area contributed by atoms with Crippen molar-refractivity contribution in [1.29, 1.82) is 0 Å². The fourth-order valence-electron chi connectivity index (χ4n) is 1.90. The highest BCUT2D eigenvalue weighted by molar-refractivity contribution is 6.32. The number of rotatable bonds is 5. The summed E-state index contributed by atoms with van der Waals surface area (Å²) in [7, 11) is 1.30. The highest BCUT2D eigenvalue weighted by Gasteiger charge is 2.09. The summed E-state index contributed by atoms with van der Waals surface area (Å²) in [5.74, 6) is -0.376. The Morgan fingerprint density at radius 1 is 1.17 bits per heavy atom. The molecule has 0 radical (unpaired) electrons. The number of esters is 1. The summed E-state index contributed by atoms with van der Waals surface area (Å²) in [5, 5.41) is 3.09. The monoisotopic (exact) mass is 333 g/mol. The average Bonchev–Trinajstić information content (AvgIpc) is 2.55. The molecule has 0 saturated heterocycles. The van der Waals surface area contributed by atoms with Crippen LogP contribution in [0.2, 0.25) is 5.02 Å². The molecule has 0 aliphatic carbocycles. The zero-order valence-corrected chi connectivity index (χ0v) is 13.5. The number of benzene rings is 2. The minimum Gasteiger partial charge on any atom is -0.482 e. The number of anilines is 1. The molecule has 1 N–H and O–H groups in total. The Labute approximate surface area is 139 Å². The van der Waals surface area contributed by atoms with E-state index in [4.69, 9.17) is 16.3 Å². The van der Waals surface area contributed by atoms with Gasteiger partial charge in [0.1, 0.15) is 5.75 Å². The van der Waals surface area contributed by atoms with Crippen LogP contribution in [0.5, 0.6) is 5.75 Å². The summed E-state index contributed by atoms with van der Waals surface area (Å²) in [6.45, 7) is 1.72. The van der Waals surface area contributed by atoms with Gasteiger partial charge in [-0.1, -0.05) is 23.7 Å². The number of halogens is 1. The summed E-state index contributed by atoms with van der Waals surface area (Å²) in [4.78, 5) is 23.4. The van der Waals surface area contributed by atoms with Crippen LogP contribution in [0.15, 0.2) is 42.5 Å². The lowest BCUT2D eigenvalue weighted by Crippen LogP contribution is -2.20. The number of amides is 1. The van der Waals surface area contributed by atoms with E-state index < -0.39 is 5.97 Å². The van der Waals surface area contributed by atoms with Gasteiger partial charge in [0.2, 0.25) is 0 Å². The van der Waals surface area contributed by atoms with Gasteiger partial charge in [-0.2, -0.15) is 0 Å². The maximum atomic E-state index is 11.9. The van der Waals surface area contributed by atoms with E-state index in [1.807, 2.05) is 13.0 Å². The normalized spacial score (nSPS) is 10.0. The smallest absolute Gasteiger partial charge is 0.337 e. The lowest BCUT2D eigenvalue weighted by atomic mass is 10.2. The standard InChI is InChI=1S/C17H16ClNO4/c1-11-6-7-14(18)15(8-11)23-10-16(20)19-13-5-3-4-12(9-13)17(21)22-2/h3-9H,10H2,1-2H3,(H,19,20). The zero-order chi connectivity index (χ0) is 16.8. The molecule has 0 saturated carbocycles. The van der Waals surface area contributed by atoms with Gasteiger partial charge in [-0.05, 0) is 42.8 Å². The van der Waals surface area contributed by atoms with E-state index in [0.717, 1.165) is 5.56 Å². The lowest BCUT2D eigenvalue weighted by molar-refractivity contribution is -0.118. The lowest BCUT2D eigenvalue weighted by Gasteiger charge is -2.10. The van der Waals surface area contributed by atoms with Crippen LogP contribution < -0.4 is 10.1 Å². The molecule has 0 bridgehead atoms. The van der Waals surface area contributed by atoms with Crippen LogP contribution in [0, 0.1) is 6.92 Å². The van der Waals surface area contributed by atoms with Crippen LogP contribution in [0.4, 0.5) is 5.69 Å². The van der Waals surface area contributed by atoms with Gasteiger partial charge in [0.15, 0.2) is 6.61 Å². The van der Waals surface area contributed by atoms with Gasteiger partial charge in [-0.25, -0.2) is 4.79 Å². The first-order valence-corrected chi connectivity index (χ1v) is 7.24. The number of ether oxygens (including phenoxy) is 2. The summed E-state index contributed by atoms with van der Waals surface area (Å²) < 4.78 is 10.0. The average molecular weight is 334 g/mol. The summed E-state index contributed by atoms with van der Waals surface area (Å²) in [5.41, 5.74) is 1.82. The van der Waals surface area contributed by atoms with E-state index in [-0.39, 0.29) is 12.5 Å². The first-order chi connectivity index (χ1) is 11.0. The minimum atomic E-state index is -0.469. The summed E-state index contributed by atoms with van der Waals surface area (Å²) >= 11 is 6.00. The molecule has 0 aromatic heterocycles. The van der Waals surface area contributed by atoms with E-state index in [9.17, 15) is 9.59 Å². The van der Waals surface area contributed by atoms with Crippen LogP contribution in [-0.2, 0) is 9.53 Å². The maximum Gasteiger partial charge on any atom is 0.337 e. The van der Waals surface area contributed by atoms with Crippen molar-refractivity contribution >= 4 is 29.2 Å². The van der Waals surface area contributed by atoms with Crippen molar-refractivity contribution in [3.05, 3.63) is 58.6 Å². The van der Waals surface area contributed by atoms with Crippen molar-refractivity contribution in [3.63, 3.8) is 0 Å². The van der Waals surface area contributed by atoms with Crippen molar-refractivity contribution in [2.75, 3.05) is 19.0 Å². The molecule has 2 rings (SSSR count). The largest absolute Gasteiger partial charge is 0.482 e. The van der Waals surface area contributed by atoms with Crippen LogP contribution in [0.3, 0.4) is 0 Å². The SMILES string of the molecule is COC(=O)c1cccc(NC(=O)COc2cc(C)ccc2Cl)c1. The fourth-order valence-corrected chi connectivity index (χ4v) is 2.08. The first kappa shape index (κ1) is 16.8. The Morgan fingerprint density at radius 2 is 1.96 bits per heavy atom. The van der Waals surface area contributed by atoms with Gasteiger partial charge in [0.25, 0.3) is 5.91 Å². The van der Waals surface area contributed by atoms with Gasteiger partial charge < -0.3 is 14.8 Å². The third-order valence-corrected chi connectivity index (χ3v) is 3.33. The van der Waals surface area contributed by atoms with Crippen LogP contribution in [0.1, 0.15) is 15.9 Å². The fraction of sp³-hybridized carbons (Fsp3) is 0.176. The molecule has 0 fully saturated rings. The Kier molecular flexibility index (Phi) is 5.60. The summed E-state index contributed by atoms with van der Waals surface area (Å²) in [6.07, 6.45) is 0. The second kappa shape index (κ2) is 7.65. The maximum absolute atomic E-state index is 11.9. The van der Waals surface area contributed by atoms with Crippen molar-refractivity contribution in [3.8, 4) is 5.75 Å². The number of aryl methyl sites for hydroxylation is 1. The Hall–Kier alpha value is -2.53. The number of carbonyl (C=O) groups excluding carboxylic acids is 2. The molecule has 1 amide bonds. The molecule has 0 unspecified atom stereocenters. The molecule has 0 spiro atoms. The topological polar surface area (TPSA) is 64.6 Å². The number of methoxy groups -OCH3 is 1. The highest BCUT2D eigenvalue weighted by Crippen LogP contribution is 2.25. The first-order valence-electron chi connectivity index (χ1n) is 6.87. The van der Waals surface area contributed by atoms with Crippen LogP contribution >= 0.6 is 11.6 Å². The number of hydrogen-bond donors (Lipinski definition) is 1. The predicted octanol–water partition coefficient (Wildman–Crippen LogP) is 3.45. The van der Waals surface area contributed by atoms with Crippen molar-refractivity contribution in [1.82, 2.24) is 0 Å². The molecule has 23 heavy (non-hydrogen) atoms. The van der Waals surface area contributed by atoms with Crippen LogP contribution in [0.25, 0.3) is 0 Å². The van der Waals surface area contributed by atoms with Crippen molar-refractivity contribution in [2.24, 2.45) is 0 Å². The summed E-state index contributed by atoms with van der Waals surface area (Å²) in [6, 6.07) is 11.8. The molecule has 5 nitrogen and oxygen atoms in total. The van der Waals surface area contributed by atoms with E-state index in [1.54, 1.807) is 30.3 Å². The number of nitrogens with one attached hydrogen (secondary N) is 1. The molecule has 2 aromatic carbocycles. The number of carbonyl (C=O) groups is 2. The molecule has 0 aliphatic rings. The van der Waals surface area contributed by atoms with Crippen LogP contribution in [-0.4, -0.2) is 25.6 Å². The highest BCUT2D eigenvalue weighted by atomic mass is 35.5. The molecular weight excluding hydrogens is 318 g/mol. The quantitative estimate of drug-likeness (QED) is 0.851. The Bertz CT molecular complexity index is 730. The number of hydrogen-bond acceptors (Lipinski definition) is 4. The third kappa shape index (κ3) is 4.72. The second-order valence-electron chi connectivity index (χ2n) is 4.84. The van der Waals surface area contributed by atoms with E-state index in [0.29, 0.717) is 22.0 Å². The molecule has 0 aliphatic heterocycles. The second-order valence-corrected chi connectivity index (χ2v) is 5.25. The van der Waals surface area contributed by atoms with Crippen molar-refractivity contribution < 1.29 is 19.1 Å². The van der Waals surface area contributed by atoms with E-state index in [2.05, 4.69) is 10.1 Å².